The van der Waals surface area contributed by atoms with Crippen LogP contribution >= 0.6 is 0 Å². The Morgan fingerprint density at radius 3 is 2.17 bits per heavy atom. The van der Waals surface area contributed by atoms with Crippen LogP contribution < -0.4 is 5.32 Å². The zero-order chi connectivity index (χ0) is 20.4. The summed E-state index contributed by atoms with van der Waals surface area (Å²) in [6.45, 7) is 2.04. The summed E-state index contributed by atoms with van der Waals surface area (Å²) in [6, 6.07) is 16.4. The average molecular weight is 393 g/mol. The number of ether oxygens (including phenoxy) is 1. The van der Waals surface area contributed by atoms with Crippen molar-refractivity contribution in [3.8, 4) is 11.1 Å². The fourth-order valence-electron chi connectivity index (χ4n) is 4.72. The largest absolute Gasteiger partial charge is 0.481 e. The lowest BCUT2D eigenvalue weighted by Crippen LogP contribution is -2.49. The van der Waals surface area contributed by atoms with Gasteiger partial charge >= 0.3 is 12.1 Å². The second kappa shape index (κ2) is 7.90. The van der Waals surface area contributed by atoms with E-state index in [0.29, 0.717) is 12.3 Å². The van der Waals surface area contributed by atoms with Crippen LogP contribution in [0.2, 0.25) is 0 Å². The number of amides is 1. The first-order valence-corrected chi connectivity index (χ1v) is 10.3. The third kappa shape index (κ3) is 4.14. The summed E-state index contributed by atoms with van der Waals surface area (Å²) in [4.78, 5) is 23.9. The zero-order valence-corrected chi connectivity index (χ0v) is 16.7. The average Bonchev–Trinajstić information content (AvgIpc) is 2.96. The zero-order valence-electron chi connectivity index (χ0n) is 16.7. The van der Waals surface area contributed by atoms with Gasteiger partial charge in [0.1, 0.15) is 6.61 Å². The summed E-state index contributed by atoms with van der Waals surface area (Å²) in [7, 11) is 0. The van der Waals surface area contributed by atoms with E-state index in [0.717, 1.165) is 24.0 Å². The van der Waals surface area contributed by atoms with E-state index in [9.17, 15) is 14.7 Å². The molecule has 1 atom stereocenters. The van der Waals surface area contributed by atoms with Gasteiger partial charge in [-0.3, -0.25) is 4.79 Å². The fraction of sp³-hybridized carbons (Fsp3) is 0.417. The third-order valence-corrected chi connectivity index (χ3v) is 6.25. The number of aliphatic carboxylic acids is 1. The van der Waals surface area contributed by atoms with Crippen molar-refractivity contribution in [1.29, 1.82) is 0 Å². The Bertz CT molecular complexity index is 875. The number of hydrogen-bond acceptors (Lipinski definition) is 3. The van der Waals surface area contributed by atoms with Gasteiger partial charge in [0.05, 0.1) is 12.0 Å². The minimum absolute atomic E-state index is 0.00879. The van der Waals surface area contributed by atoms with E-state index < -0.39 is 17.6 Å². The molecule has 5 nitrogen and oxygen atoms in total. The van der Waals surface area contributed by atoms with Crippen LogP contribution in [0.15, 0.2) is 48.5 Å². The van der Waals surface area contributed by atoms with Gasteiger partial charge in [0, 0.05) is 5.92 Å². The van der Waals surface area contributed by atoms with Crippen molar-refractivity contribution in [2.24, 2.45) is 5.92 Å². The van der Waals surface area contributed by atoms with E-state index in [1.54, 1.807) is 6.92 Å². The molecule has 2 aromatic carbocycles. The van der Waals surface area contributed by atoms with Gasteiger partial charge in [0.2, 0.25) is 0 Å². The lowest BCUT2D eigenvalue weighted by Gasteiger charge is -2.36. The molecule has 29 heavy (non-hydrogen) atoms. The summed E-state index contributed by atoms with van der Waals surface area (Å²) >= 11 is 0. The number of carboxylic acid groups (broad SMARTS) is 1. The van der Waals surface area contributed by atoms with Crippen LogP contribution in [-0.4, -0.2) is 29.3 Å². The van der Waals surface area contributed by atoms with E-state index in [-0.39, 0.29) is 18.9 Å². The Labute approximate surface area is 171 Å². The molecular weight excluding hydrogens is 366 g/mol. The van der Waals surface area contributed by atoms with Gasteiger partial charge in [-0.25, -0.2) is 4.79 Å². The molecule has 0 aliphatic heterocycles. The maximum absolute atomic E-state index is 12.6. The summed E-state index contributed by atoms with van der Waals surface area (Å²) in [6.07, 6.45) is 3.40. The number of carbonyl (C=O) groups is 2. The number of hydrogen-bond donors (Lipinski definition) is 2. The molecule has 0 radical (unpaired) electrons. The van der Waals surface area contributed by atoms with Crippen molar-refractivity contribution in [2.75, 3.05) is 6.61 Å². The molecule has 152 valence electrons. The van der Waals surface area contributed by atoms with Crippen LogP contribution in [0.5, 0.6) is 0 Å². The molecule has 0 spiro atoms. The number of alkyl carbamates (subject to hydrolysis) is 1. The molecule has 4 rings (SSSR count). The van der Waals surface area contributed by atoms with Gasteiger partial charge < -0.3 is 15.2 Å². The number of nitrogens with one attached hydrogen (secondary N) is 1. The first-order valence-electron chi connectivity index (χ1n) is 10.3. The van der Waals surface area contributed by atoms with Gasteiger partial charge in [-0.2, -0.15) is 0 Å². The Hall–Kier alpha value is -2.82. The van der Waals surface area contributed by atoms with Crippen LogP contribution in [0.25, 0.3) is 11.1 Å². The molecular formula is C24H27NO4. The predicted molar refractivity (Wildman–Crippen MR) is 111 cm³/mol. The van der Waals surface area contributed by atoms with Crippen LogP contribution in [0.4, 0.5) is 4.79 Å². The standard InChI is InChI=1S/C24H27NO4/c1-24(14-22(26)27,13-16-7-6-8-16)25-23(28)29-15-21-19-11-4-2-9-17(19)18-10-3-5-12-20(18)21/h2-5,9-12,16,21H,6-8,13-15H2,1H3,(H,25,28)(H,26,27). The van der Waals surface area contributed by atoms with Gasteiger partial charge in [-0.1, -0.05) is 67.8 Å². The second-order valence-corrected chi connectivity index (χ2v) is 8.58. The maximum Gasteiger partial charge on any atom is 0.407 e. The predicted octanol–water partition coefficient (Wildman–Crippen LogP) is 4.95. The van der Waals surface area contributed by atoms with E-state index in [4.69, 9.17) is 4.74 Å². The molecule has 2 aliphatic carbocycles. The molecule has 1 amide bonds. The van der Waals surface area contributed by atoms with Crippen molar-refractivity contribution in [2.45, 2.75) is 50.5 Å². The van der Waals surface area contributed by atoms with E-state index in [1.165, 1.54) is 17.5 Å². The van der Waals surface area contributed by atoms with E-state index in [1.807, 2.05) is 24.3 Å². The summed E-state index contributed by atoms with van der Waals surface area (Å²) in [5.41, 5.74) is 3.88. The molecule has 1 fully saturated rings. The monoisotopic (exact) mass is 393 g/mol. The molecule has 5 heteroatoms. The summed E-state index contributed by atoms with van der Waals surface area (Å²) in [5.74, 6) is -0.440. The SMILES string of the molecule is CC(CC(=O)O)(CC1CCC1)NC(=O)OCC1c2ccccc2-c2ccccc21. The second-order valence-electron chi connectivity index (χ2n) is 8.58. The maximum atomic E-state index is 12.6. The normalized spacial score (nSPS) is 17.6. The summed E-state index contributed by atoms with van der Waals surface area (Å²) in [5, 5.41) is 12.1. The Morgan fingerprint density at radius 2 is 1.66 bits per heavy atom. The number of fused-ring (bicyclic) bond motifs is 3. The first kappa shape index (κ1) is 19.5. The number of rotatable bonds is 7. The Balaban J connectivity index is 1.44. The first-order chi connectivity index (χ1) is 14.0. The Kier molecular flexibility index (Phi) is 5.31. The molecule has 0 heterocycles. The van der Waals surface area contributed by atoms with Crippen molar-refractivity contribution in [1.82, 2.24) is 5.32 Å². The van der Waals surface area contributed by atoms with Crippen molar-refractivity contribution < 1.29 is 19.4 Å². The molecule has 2 aromatic rings. The number of carbonyl (C=O) groups excluding carboxylic acids is 1. The van der Waals surface area contributed by atoms with Crippen molar-refractivity contribution >= 4 is 12.1 Å². The van der Waals surface area contributed by atoms with Gasteiger partial charge in [0.15, 0.2) is 0 Å². The minimum Gasteiger partial charge on any atom is -0.481 e. The lowest BCUT2D eigenvalue weighted by atomic mass is 9.75. The molecule has 1 saturated carbocycles. The number of benzene rings is 2. The quantitative estimate of drug-likeness (QED) is 0.698. The summed E-state index contributed by atoms with van der Waals surface area (Å²) < 4.78 is 5.61. The van der Waals surface area contributed by atoms with Crippen LogP contribution in [-0.2, 0) is 9.53 Å². The van der Waals surface area contributed by atoms with Crippen LogP contribution in [0.1, 0.15) is 56.1 Å². The van der Waals surface area contributed by atoms with Gasteiger partial charge in [-0.05, 0) is 41.5 Å². The van der Waals surface area contributed by atoms with E-state index >= 15 is 0 Å². The fourth-order valence-corrected chi connectivity index (χ4v) is 4.72. The highest BCUT2D eigenvalue weighted by molar-refractivity contribution is 5.79. The van der Waals surface area contributed by atoms with Gasteiger partial charge in [0.25, 0.3) is 0 Å². The van der Waals surface area contributed by atoms with Crippen LogP contribution in [0, 0.1) is 5.92 Å². The third-order valence-electron chi connectivity index (χ3n) is 6.25. The highest BCUT2D eigenvalue weighted by atomic mass is 16.5. The molecule has 0 saturated heterocycles. The lowest BCUT2D eigenvalue weighted by molar-refractivity contribution is -0.138. The van der Waals surface area contributed by atoms with E-state index in [2.05, 4.69) is 29.6 Å². The van der Waals surface area contributed by atoms with Crippen molar-refractivity contribution in [3.05, 3.63) is 59.7 Å². The van der Waals surface area contributed by atoms with Crippen molar-refractivity contribution in [3.63, 3.8) is 0 Å². The minimum atomic E-state index is -0.911. The Morgan fingerprint density at radius 1 is 1.07 bits per heavy atom. The molecule has 1 unspecified atom stereocenters. The molecule has 2 aliphatic rings. The highest BCUT2D eigenvalue weighted by Crippen LogP contribution is 2.44. The molecule has 2 N–H and O–H groups in total. The smallest absolute Gasteiger partial charge is 0.407 e. The number of carboxylic acids is 1. The van der Waals surface area contributed by atoms with Crippen LogP contribution in [0.3, 0.4) is 0 Å². The topological polar surface area (TPSA) is 75.6 Å². The molecule has 0 bridgehead atoms. The highest BCUT2D eigenvalue weighted by Gasteiger charge is 2.35. The van der Waals surface area contributed by atoms with Gasteiger partial charge in [-0.15, -0.1) is 0 Å². The molecule has 0 aromatic heterocycles.